The molecule has 0 atom stereocenters. The van der Waals surface area contributed by atoms with Crippen molar-refractivity contribution in [2.24, 2.45) is 0 Å². The van der Waals surface area contributed by atoms with Crippen molar-refractivity contribution >= 4 is 85.4 Å². The van der Waals surface area contributed by atoms with E-state index in [0.29, 0.717) is 0 Å². The van der Waals surface area contributed by atoms with Crippen LogP contribution in [0.5, 0.6) is 0 Å². The summed E-state index contributed by atoms with van der Waals surface area (Å²) < 4.78 is 2.72. The predicted octanol–water partition coefficient (Wildman–Crippen LogP) is 14.8. The maximum absolute atomic E-state index is 2.41. The summed E-state index contributed by atoms with van der Waals surface area (Å²) >= 11 is 1.91. The van der Waals surface area contributed by atoms with E-state index < -0.39 is 0 Å². The number of fused-ring (bicyclic) bond motifs is 11. The number of thiophene rings is 1. The molecule has 1 heterocycles. The van der Waals surface area contributed by atoms with E-state index in [1.54, 1.807) is 0 Å². The Morgan fingerprint density at radius 1 is 0.275 bits per heavy atom. The fourth-order valence-electron chi connectivity index (χ4n) is 8.52. The molecule has 0 N–H and O–H groups in total. The van der Waals surface area contributed by atoms with Gasteiger partial charge in [-0.3, -0.25) is 0 Å². The Hall–Kier alpha value is -6.28. The summed E-state index contributed by atoms with van der Waals surface area (Å²) in [6, 6.07) is 67.3. The van der Waals surface area contributed by atoms with E-state index in [1.807, 2.05) is 11.3 Å². The van der Waals surface area contributed by atoms with Gasteiger partial charge in [0, 0.05) is 25.6 Å². The van der Waals surface area contributed by atoms with Crippen LogP contribution in [0.25, 0.3) is 107 Å². The Labute approximate surface area is 299 Å². The van der Waals surface area contributed by atoms with Gasteiger partial charge >= 0.3 is 0 Å². The van der Waals surface area contributed by atoms with E-state index in [9.17, 15) is 0 Å². The fourth-order valence-corrected chi connectivity index (χ4v) is 9.78. The minimum Gasteiger partial charge on any atom is -0.135 e. The van der Waals surface area contributed by atoms with E-state index in [0.717, 1.165) is 0 Å². The summed E-state index contributed by atoms with van der Waals surface area (Å²) in [6.45, 7) is 0. The van der Waals surface area contributed by atoms with Crippen molar-refractivity contribution in [1.29, 1.82) is 0 Å². The van der Waals surface area contributed by atoms with Gasteiger partial charge in [0.1, 0.15) is 0 Å². The maximum Gasteiger partial charge on any atom is 0.0440 e. The SMILES string of the molecule is c1ccc(-c2c3ccccc3c(-c3ccc4cc(-c5ccc6c(c5)c5ccccc5c5c7ccccc7sc65)ccc4c3)c3ccccc23)cc1. The van der Waals surface area contributed by atoms with Crippen molar-refractivity contribution in [2.75, 3.05) is 0 Å². The summed E-state index contributed by atoms with van der Waals surface area (Å²) in [5.74, 6) is 0. The Kier molecular flexibility index (Phi) is 6.22. The zero-order chi connectivity index (χ0) is 33.5. The largest absolute Gasteiger partial charge is 0.135 e. The smallest absolute Gasteiger partial charge is 0.0440 e. The molecular weight excluding hydrogens is 633 g/mol. The zero-order valence-electron chi connectivity index (χ0n) is 27.7. The van der Waals surface area contributed by atoms with E-state index in [4.69, 9.17) is 0 Å². The molecule has 0 radical (unpaired) electrons. The summed E-state index contributed by atoms with van der Waals surface area (Å²) in [7, 11) is 0. The molecule has 0 amide bonds. The van der Waals surface area contributed by atoms with Gasteiger partial charge < -0.3 is 0 Å². The highest BCUT2D eigenvalue weighted by molar-refractivity contribution is 7.27. The fraction of sp³-hybridized carbons (Fsp3) is 0. The number of benzene rings is 10. The van der Waals surface area contributed by atoms with Gasteiger partial charge in [0.2, 0.25) is 0 Å². The second-order valence-electron chi connectivity index (χ2n) is 13.6. The van der Waals surface area contributed by atoms with Gasteiger partial charge in [0.05, 0.1) is 0 Å². The lowest BCUT2D eigenvalue weighted by Gasteiger charge is -2.18. The lowest BCUT2D eigenvalue weighted by Crippen LogP contribution is -1.90. The van der Waals surface area contributed by atoms with Crippen molar-refractivity contribution in [1.82, 2.24) is 0 Å². The van der Waals surface area contributed by atoms with Gasteiger partial charge in [-0.05, 0) is 106 Å². The first-order chi connectivity index (χ1) is 25.3. The summed E-state index contributed by atoms with van der Waals surface area (Å²) in [5, 5.41) is 15.6. The van der Waals surface area contributed by atoms with Crippen LogP contribution in [-0.2, 0) is 0 Å². The molecule has 0 spiro atoms. The van der Waals surface area contributed by atoms with Crippen LogP contribution in [0.4, 0.5) is 0 Å². The first-order valence-corrected chi connectivity index (χ1v) is 18.4. The molecule has 0 aliphatic rings. The van der Waals surface area contributed by atoms with Crippen LogP contribution in [0, 0.1) is 0 Å². The Balaban J connectivity index is 1.07. The molecule has 1 heteroatoms. The zero-order valence-corrected chi connectivity index (χ0v) is 28.5. The summed E-state index contributed by atoms with van der Waals surface area (Å²) in [6.07, 6.45) is 0. The van der Waals surface area contributed by atoms with Gasteiger partial charge in [0.25, 0.3) is 0 Å². The van der Waals surface area contributed by atoms with Crippen LogP contribution in [0.15, 0.2) is 182 Å². The molecule has 51 heavy (non-hydrogen) atoms. The van der Waals surface area contributed by atoms with E-state index in [2.05, 4.69) is 182 Å². The second-order valence-corrected chi connectivity index (χ2v) is 14.6. The quantitative estimate of drug-likeness (QED) is 0.130. The van der Waals surface area contributed by atoms with Crippen LogP contribution >= 0.6 is 11.3 Å². The average Bonchev–Trinajstić information content (AvgIpc) is 3.60. The van der Waals surface area contributed by atoms with Crippen LogP contribution in [-0.4, -0.2) is 0 Å². The van der Waals surface area contributed by atoms with Crippen LogP contribution < -0.4 is 0 Å². The molecule has 0 saturated carbocycles. The number of hydrogen-bond acceptors (Lipinski definition) is 1. The number of rotatable bonds is 3. The maximum atomic E-state index is 2.41. The monoisotopic (exact) mass is 662 g/mol. The third-order valence-electron chi connectivity index (χ3n) is 10.8. The van der Waals surface area contributed by atoms with Crippen molar-refractivity contribution in [3.8, 4) is 33.4 Å². The van der Waals surface area contributed by atoms with E-state index >= 15 is 0 Å². The van der Waals surface area contributed by atoms with Gasteiger partial charge in [0.15, 0.2) is 0 Å². The molecule has 0 aliphatic heterocycles. The van der Waals surface area contributed by atoms with Crippen LogP contribution in [0.2, 0.25) is 0 Å². The number of hydrogen-bond donors (Lipinski definition) is 0. The molecule has 236 valence electrons. The van der Waals surface area contributed by atoms with Gasteiger partial charge in [-0.1, -0.05) is 158 Å². The predicted molar refractivity (Wildman–Crippen MR) is 223 cm³/mol. The third-order valence-corrected chi connectivity index (χ3v) is 12.0. The third kappa shape index (κ3) is 4.32. The first kappa shape index (κ1) is 28.5. The molecule has 0 unspecified atom stereocenters. The Bertz CT molecular complexity index is 3130. The van der Waals surface area contributed by atoms with Crippen molar-refractivity contribution in [2.45, 2.75) is 0 Å². The van der Waals surface area contributed by atoms with Gasteiger partial charge in [-0.15, -0.1) is 11.3 Å². The lowest BCUT2D eigenvalue weighted by molar-refractivity contribution is 1.66. The Morgan fingerprint density at radius 3 is 1.45 bits per heavy atom. The molecule has 11 aromatic rings. The summed E-state index contributed by atoms with van der Waals surface area (Å²) in [5.41, 5.74) is 7.56. The van der Waals surface area contributed by atoms with Crippen molar-refractivity contribution < 1.29 is 0 Å². The van der Waals surface area contributed by atoms with Gasteiger partial charge in [-0.25, -0.2) is 0 Å². The van der Waals surface area contributed by atoms with E-state index in [-0.39, 0.29) is 0 Å². The highest BCUT2D eigenvalue weighted by Gasteiger charge is 2.18. The topological polar surface area (TPSA) is 0 Å². The average molecular weight is 663 g/mol. The molecule has 1 aromatic heterocycles. The van der Waals surface area contributed by atoms with Crippen molar-refractivity contribution in [3.63, 3.8) is 0 Å². The van der Waals surface area contributed by atoms with Gasteiger partial charge in [-0.2, -0.15) is 0 Å². The van der Waals surface area contributed by atoms with Crippen molar-refractivity contribution in [3.05, 3.63) is 182 Å². The molecule has 0 saturated heterocycles. The molecule has 0 bridgehead atoms. The standard InChI is InChI=1S/C50H30S/c1-2-12-31(13-3-1)47-39-16-6-8-18-41(39)48(42-19-9-7-17-40(42)47)36-25-24-32-28-33(22-23-34(32)29-36)35-26-27-43-45(30-35)37-14-4-5-15-38(37)49-44-20-10-11-21-46(44)51-50(43)49/h1-30H. The van der Waals surface area contributed by atoms with E-state index in [1.165, 1.54) is 107 Å². The molecule has 0 fully saturated rings. The minimum atomic E-state index is 1.24. The van der Waals surface area contributed by atoms with Crippen LogP contribution in [0.3, 0.4) is 0 Å². The molecule has 11 rings (SSSR count). The normalized spacial score (nSPS) is 11.9. The molecule has 10 aromatic carbocycles. The summed E-state index contributed by atoms with van der Waals surface area (Å²) in [4.78, 5) is 0. The lowest BCUT2D eigenvalue weighted by atomic mass is 9.85. The Morgan fingerprint density at radius 2 is 0.765 bits per heavy atom. The highest BCUT2D eigenvalue weighted by atomic mass is 32.1. The second kappa shape index (κ2) is 11.1. The highest BCUT2D eigenvalue weighted by Crippen LogP contribution is 2.46. The molecule has 0 nitrogen and oxygen atoms in total. The first-order valence-electron chi connectivity index (χ1n) is 17.6. The minimum absolute atomic E-state index is 1.24. The molecular formula is C50H30S. The van der Waals surface area contributed by atoms with Crippen LogP contribution in [0.1, 0.15) is 0 Å². The molecule has 0 aliphatic carbocycles.